The Morgan fingerprint density at radius 3 is 2.33 bits per heavy atom. The van der Waals surface area contributed by atoms with Gasteiger partial charge in [-0.15, -0.1) is 0 Å². The quantitative estimate of drug-likeness (QED) is 0.756. The summed E-state index contributed by atoms with van der Waals surface area (Å²) in [6.45, 7) is 0.491. The van der Waals surface area contributed by atoms with Crippen molar-refractivity contribution in [3.8, 4) is 17.6 Å². The van der Waals surface area contributed by atoms with Crippen molar-refractivity contribution in [3.05, 3.63) is 48.0 Å². The van der Waals surface area contributed by atoms with Crippen LogP contribution < -0.4 is 14.8 Å². The third-order valence-electron chi connectivity index (χ3n) is 5.11. The molecule has 1 fully saturated rings. The number of carbonyl (C=O) groups is 1. The van der Waals surface area contributed by atoms with Gasteiger partial charge in [0.2, 0.25) is 15.9 Å². The second-order valence-corrected chi connectivity index (χ2v) is 8.81. The number of benzene rings is 2. The zero-order chi connectivity index (χ0) is 21.7. The minimum Gasteiger partial charge on any atom is -0.497 e. The van der Waals surface area contributed by atoms with Crippen molar-refractivity contribution in [2.45, 2.75) is 17.7 Å². The van der Waals surface area contributed by atoms with Crippen LogP contribution in [0.5, 0.6) is 11.5 Å². The summed E-state index contributed by atoms with van der Waals surface area (Å²) in [5.74, 6) is 0.615. The van der Waals surface area contributed by atoms with Crippen molar-refractivity contribution in [2.75, 3.05) is 32.6 Å². The molecule has 1 aliphatic heterocycles. The fourth-order valence-corrected chi connectivity index (χ4v) is 4.83. The predicted molar refractivity (Wildman–Crippen MR) is 111 cm³/mol. The Morgan fingerprint density at radius 2 is 1.77 bits per heavy atom. The van der Waals surface area contributed by atoms with Crippen LogP contribution in [-0.4, -0.2) is 45.9 Å². The molecule has 3 rings (SSSR count). The number of nitrogens with one attached hydrogen (secondary N) is 1. The van der Waals surface area contributed by atoms with E-state index >= 15 is 0 Å². The maximum absolute atomic E-state index is 12.8. The van der Waals surface area contributed by atoms with E-state index in [1.54, 1.807) is 18.2 Å². The standard InChI is InChI=1S/C21H23N3O5S/c1-28-17-5-8-20(29-2)19(13-17)23-21(25)16-9-11-24(12-10-16)30(26,27)18-6-3-15(14-22)4-7-18/h3-8,13,16H,9-12H2,1-2H3,(H,23,25). The van der Waals surface area contributed by atoms with Crippen LogP contribution in [0, 0.1) is 17.2 Å². The fraction of sp³-hybridized carbons (Fsp3) is 0.333. The molecule has 2 aromatic carbocycles. The van der Waals surface area contributed by atoms with Gasteiger partial charge in [-0.2, -0.15) is 9.57 Å². The summed E-state index contributed by atoms with van der Waals surface area (Å²) >= 11 is 0. The molecule has 1 aliphatic rings. The molecule has 1 N–H and O–H groups in total. The highest BCUT2D eigenvalue weighted by molar-refractivity contribution is 7.89. The molecule has 1 heterocycles. The van der Waals surface area contributed by atoms with Crippen molar-refractivity contribution in [2.24, 2.45) is 5.92 Å². The van der Waals surface area contributed by atoms with Gasteiger partial charge in [0.1, 0.15) is 11.5 Å². The largest absolute Gasteiger partial charge is 0.497 e. The number of hydrogen-bond donors (Lipinski definition) is 1. The SMILES string of the molecule is COc1ccc(OC)c(NC(=O)C2CCN(S(=O)(=O)c3ccc(C#N)cc3)CC2)c1. The van der Waals surface area contributed by atoms with E-state index in [9.17, 15) is 13.2 Å². The van der Waals surface area contributed by atoms with Crippen LogP contribution in [0.3, 0.4) is 0 Å². The first-order chi connectivity index (χ1) is 14.4. The van der Waals surface area contributed by atoms with Gasteiger partial charge >= 0.3 is 0 Å². The zero-order valence-electron chi connectivity index (χ0n) is 16.8. The fourth-order valence-electron chi connectivity index (χ4n) is 3.36. The molecule has 2 aromatic rings. The summed E-state index contributed by atoms with van der Waals surface area (Å²) in [6.07, 6.45) is 0.821. The first-order valence-electron chi connectivity index (χ1n) is 9.42. The normalized spacial score (nSPS) is 15.2. The lowest BCUT2D eigenvalue weighted by Crippen LogP contribution is -2.41. The number of hydrogen-bond acceptors (Lipinski definition) is 6. The highest BCUT2D eigenvalue weighted by atomic mass is 32.2. The summed E-state index contributed by atoms with van der Waals surface area (Å²) < 4.78 is 37.5. The van der Waals surface area contributed by atoms with E-state index in [2.05, 4.69) is 5.32 Å². The number of piperidine rings is 1. The number of anilines is 1. The van der Waals surface area contributed by atoms with E-state index in [0.29, 0.717) is 35.6 Å². The van der Waals surface area contributed by atoms with Crippen LogP contribution >= 0.6 is 0 Å². The number of amides is 1. The van der Waals surface area contributed by atoms with Crippen LogP contribution in [0.2, 0.25) is 0 Å². The lowest BCUT2D eigenvalue weighted by molar-refractivity contribution is -0.120. The minimum atomic E-state index is -3.66. The second-order valence-electron chi connectivity index (χ2n) is 6.87. The molecule has 0 spiro atoms. The predicted octanol–water partition coefficient (Wildman–Crippen LogP) is 2.61. The van der Waals surface area contributed by atoms with Crippen molar-refractivity contribution < 1.29 is 22.7 Å². The van der Waals surface area contributed by atoms with Gasteiger partial charge in [0.05, 0.1) is 36.4 Å². The highest BCUT2D eigenvalue weighted by Gasteiger charge is 2.32. The Bertz CT molecular complexity index is 1050. The topological polar surface area (TPSA) is 109 Å². The van der Waals surface area contributed by atoms with Gasteiger partial charge in [-0.3, -0.25) is 4.79 Å². The Morgan fingerprint density at radius 1 is 1.10 bits per heavy atom. The number of sulfonamides is 1. The Labute approximate surface area is 176 Å². The lowest BCUT2D eigenvalue weighted by atomic mass is 9.97. The molecule has 0 aromatic heterocycles. The summed E-state index contributed by atoms with van der Waals surface area (Å²) in [5.41, 5.74) is 0.909. The minimum absolute atomic E-state index is 0.144. The maximum atomic E-state index is 12.8. The van der Waals surface area contributed by atoms with Crippen LogP contribution in [0.15, 0.2) is 47.4 Å². The van der Waals surface area contributed by atoms with Gasteiger partial charge in [-0.1, -0.05) is 0 Å². The molecular weight excluding hydrogens is 406 g/mol. The number of methoxy groups -OCH3 is 2. The van der Waals surface area contributed by atoms with Crippen molar-refractivity contribution in [1.82, 2.24) is 4.31 Å². The molecule has 30 heavy (non-hydrogen) atoms. The van der Waals surface area contributed by atoms with Gasteiger partial charge in [0.25, 0.3) is 0 Å². The van der Waals surface area contributed by atoms with Gasteiger partial charge < -0.3 is 14.8 Å². The molecule has 0 saturated carbocycles. The van der Waals surface area contributed by atoms with Crippen LogP contribution in [0.25, 0.3) is 0 Å². The van der Waals surface area contributed by atoms with Crippen molar-refractivity contribution in [1.29, 1.82) is 5.26 Å². The van der Waals surface area contributed by atoms with E-state index in [1.165, 1.54) is 42.8 Å². The Balaban J connectivity index is 1.65. The summed E-state index contributed by atoms with van der Waals surface area (Å²) in [7, 11) is -0.602. The zero-order valence-corrected chi connectivity index (χ0v) is 17.6. The third-order valence-corrected chi connectivity index (χ3v) is 7.02. The number of nitriles is 1. The van der Waals surface area contributed by atoms with E-state index in [1.807, 2.05) is 6.07 Å². The summed E-state index contributed by atoms with van der Waals surface area (Å²) in [4.78, 5) is 12.9. The molecule has 0 unspecified atom stereocenters. The van der Waals surface area contributed by atoms with Gasteiger partial charge in [0.15, 0.2) is 0 Å². The number of ether oxygens (including phenoxy) is 2. The molecule has 1 saturated heterocycles. The van der Waals surface area contributed by atoms with Crippen molar-refractivity contribution >= 4 is 21.6 Å². The first kappa shape index (κ1) is 21.6. The molecule has 0 aliphatic carbocycles. The van der Waals surface area contributed by atoms with Gasteiger partial charge in [0, 0.05) is 25.1 Å². The third kappa shape index (κ3) is 4.56. The second kappa shape index (κ2) is 9.15. The number of rotatable bonds is 6. The molecule has 0 radical (unpaired) electrons. The summed E-state index contributed by atoms with van der Waals surface area (Å²) in [5, 5.41) is 11.7. The molecule has 1 amide bonds. The first-order valence-corrected chi connectivity index (χ1v) is 10.9. The van der Waals surface area contributed by atoms with Crippen LogP contribution in [-0.2, 0) is 14.8 Å². The Hall–Kier alpha value is -3.09. The Kier molecular flexibility index (Phi) is 6.59. The average Bonchev–Trinajstić information content (AvgIpc) is 2.79. The monoisotopic (exact) mass is 429 g/mol. The average molecular weight is 429 g/mol. The van der Waals surface area contributed by atoms with Gasteiger partial charge in [-0.25, -0.2) is 8.42 Å². The van der Waals surface area contributed by atoms with E-state index < -0.39 is 10.0 Å². The van der Waals surface area contributed by atoms with E-state index in [4.69, 9.17) is 14.7 Å². The molecule has 9 heteroatoms. The molecule has 0 bridgehead atoms. The van der Waals surface area contributed by atoms with Crippen LogP contribution in [0.1, 0.15) is 18.4 Å². The number of nitrogens with zero attached hydrogens (tertiary/aromatic N) is 2. The number of carbonyl (C=O) groups excluding carboxylic acids is 1. The molecular formula is C21H23N3O5S. The van der Waals surface area contributed by atoms with E-state index in [-0.39, 0.29) is 29.8 Å². The lowest BCUT2D eigenvalue weighted by Gasteiger charge is -2.30. The summed E-state index contributed by atoms with van der Waals surface area (Å²) in [6, 6.07) is 12.9. The maximum Gasteiger partial charge on any atom is 0.243 e. The molecule has 158 valence electrons. The smallest absolute Gasteiger partial charge is 0.243 e. The van der Waals surface area contributed by atoms with Gasteiger partial charge in [-0.05, 0) is 49.2 Å². The molecule has 0 atom stereocenters. The van der Waals surface area contributed by atoms with Crippen molar-refractivity contribution in [3.63, 3.8) is 0 Å². The molecule has 8 nitrogen and oxygen atoms in total. The van der Waals surface area contributed by atoms with Crippen LogP contribution in [0.4, 0.5) is 5.69 Å². The highest BCUT2D eigenvalue weighted by Crippen LogP contribution is 2.31. The van der Waals surface area contributed by atoms with E-state index in [0.717, 1.165) is 0 Å².